The molecule has 5 aromatic rings. The first-order chi connectivity index (χ1) is 27.8. The van der Waals surface area contributed by atoms with Crippen LogP contribution in [0.2, 0.25) is 0 Å². The van der Waals surface area contributed by atoms with Crippen LogP contribution < -0.4 is 10.2 Å². The molecule has 2 N–H and O–H groups in total. The van der Waals surface area contributed by atoms with E-state index in [4.69, 9.17) is 24.9 Å². The van der Waals surface area contributed by atoms with E-state index in [1.165, 1.54) is 50.8 Å². The van der Waals surface area contributed by atoms with Crippen LogP contribution >= 0.6 is 11.3 Å². The lowest BCUT2D eigenvalue weighted by Crippen LogP contribution is -2.64. The van der Waals surface area contributed by atoms with Crippen LogP contribution in [0, 0.1) is 37.0 Å². The average Bonchev–Trinajstić information content (AvgIpc) is 3.91. The summed E-state index contributed by atoms with van der Waals surface area (Å²) in [5.41, 5.74) is 7.10. The largest absolute Gasteiger partial charge is 0.476 e. The Morgan fingerprint density at radius 1 is 0.914 bits per heavy atom. The monoisotopic (exact) mass is 801 g/mol. The molecular weight excluding hydrogens is 747 g/mol. The zero-order chi connectivity index (χ0) is 40.0. The number of aryl methyl sites for hydroxylation is 1. The molecule has 4 bridgehead atoms. The van der Waals surface area contributed by atoms with Crippen molar-refractivity contribution in [2.24, 2.45) is 16.2 Å². The van der Waals surface area contributed by atoms with Gasteiger partial charge in [-0.1, -0.05) is 31.3 Å². The lowest BCUT2D eigenvalue weighted by Gasteiger charge is -2.69. The summed E-state index contributed by atoms with van der Waals surface area (Å²) in [5.74, 6) is 0.873. The number of nitrogens with one attached hydrogen (secondary N) is 1. The van der Waals surface area contributed by atoms with E-state index in [1.807, 2.05) is 23.2 Å². The highest BCUT2D eigenvalue weighted by molar-refractivity contribution is 7.22. The van der Waals surface area contributed by atoms with Gasteiger partial charge in [0.2, 0.25) is 0 Å². The van der Waals surface area contributed by atoms with Crippen molar-refractivity contribution < 1.29 is 14.6 Å². The number of aromatic nitrogens is 6. The zero-order valence-corrected chi connectivity index (χ0v) is 35.3. The number of pyridine rings is 1. The molecule has 13 heteroatoms. The van der Waals surface area contributed by atoms with E-state index in [2.05, 4.69) is 72.8 Å². The number of hydrogen-bond acceptors (Lipinski definition) is 11. The van der Waals surface area contributed by atoms with E-state index in [-0.39, 0.29) is 27.5 Å². The van der Waals surface area contributed by atoms with Crippen LogP contribution in [-0.4, -0.2) is 84.3 Å². The Bertz CT molecular complexity index is 2420. The lowest BCUT2D eigenvalue weighted by atomic mass is 9.39. The van der Waals surface area contributed by atoms with Crippen molar-refractivity contribution in [3.8, 4) is 11.1 Å². The highest BCUT2D eigenvalue weighted by Gasteiger charge is 2.66. The zero-order valence-electron chi connectivity index (χ0n) is 34.5. The van der Waals surface area contributed by atoms with Crippen molar-refractivity contribution in [1.29, 1.82) is 0 Å². The SMILES string of the molecule is Cc1ccc2sc(Nc3nnc4c(c3C)CCCN4c3ccc(-c4cnn(C[C@]56C[C@]7(C)C[C@](C)(C5)C[C@@](OCCN5CCCC5)(C7)C6)c4C)c(C(=O)O)n3)nc2c1. The molecule has 0 unspecified atom stereocenters. The number of carbonyl (C=O) groups is 1. The molecule has 4 atom stereocenters. The number of ether oxygens (including phenoxy) is 1. The predicted octanol–water partition coefficient (Wildman–Crippen LogP) is 9.03. The van der Waals surface area contributed by atoms with Crippen molar-refractivity contribution in [3.63, 3.8) is 0 Å². The van der Waals surface area contributed by atoms with Gasteiger partial charge < -0.3 is 25.0 Å². The Morgan fingerprint density at radius 3 is 2.48 bits per heavy atom. The van der Waals surface area contributed by atoms with Gasteiger partial charge in [0, 0.05) is 47.6 Å². The second-order valence-electron chi connectivity index (χ2n) is 19.3. The lowest BCUT2D eigenvalue weighted by molar-refractivity contribution is -0.248. The molecule has 4 aliphatic carbocycles. The van der Waals surface area contributed by atoms with Gasteiger partial charge in [-0.15, -0.1) is 10.2 Å². The van der Waals surface area contributed by atoms with Crippen LogP contribution in [0.15, 0.2) is 36.5 Å². The first-order valence-electron chi connectivity index (χ1n) is 21.2. The minimum Gasteiger partial charge on any atom is -0.476 e. The summed E-state index contributed by atoms with van der Waals surface area (Å²) in [7, 11) is 0. The van der Waals surface area contributed by atoms with E-state index in [9.17, 15) is 9.90 Å². The first-order valence-corrected chi connectivity index (χ1v) is 22.0. The minimum absolute atomic E-state index is 0.0153. The molecule has 0 spiro atoms. The Balaban J connectivity index is 0.903. The third-order valence-electron chi connectivity index (χ3n) is 14.1. The van der Waals surface area contributed by atoms with Crippen molar-refractivity contribution in [2.45, 2.75) is 111 Å². The number of fused-ring (bicyclic) bond motifs is 2. The number of nitrogens with zero attached hydrogens (tertiary/aromatic N) is 8. The summed E-state index contributed by atoms with van der Waals surface area (Å²) in [6, 6.07) is 10.1. The number of thiazole rings is 1. The number of rotatable bonds is 11. The molecular formula is C45H55N9O3S. The molecule has 304 valence electrons. The van der Waals surface area contributed by atoms with Gasteiger partial charge in [-0.2, -0.15) is 5.10 Å². The van der Waals surface area contributed by atoms with Crippen LogP contribution in [0.1, 0.15) is 105 Å². The van der Waals surface area contributed by atoms with Crippen LogP contribution in [0.25, 0.3) is 21.3 Å². The van der Waals surface area contributed by atoms with Gasteiger partial charge in [-0.3, -0.25) is 4.68 Å². The normalized spacial score (nSPS) is 27.8. The fourth-order valence-electron chi connectivity index (χ4n) is 12.8. The summed E-state index contributed by atoms with van der Waals surface area (Å²) in [5, 5.41) is 29.1. The standard InChI is InChI=1S/C45H55N9O3S/c1-28-10-12-35-34(19-28)47-41(58-35)49-38-29(2)31-9-8-16-53(39(31)51-50-38)36-13-11-32(37(48-36)40(55)56)33-20-46-54(30(33)3)27-44-22-42(4)21-43(5,23-44)25-45(24-42,26-44)57-18-17-52-14-6-7-15-52/h10-13,19-20H,6-9,14-18,21-27H2,1-5H3,(H,55,56)(H,47,49,50)/t42-,43+,44+,45-. The van der Waals surface area contributed by atoms with Gasteiger partial charge >= 0.3 is 5.97 Å². The molecule has 6 aliphatic rings. The van der Waals surface area contributed by atoms with Crippen LogP contribution in [-0.2, 0) is 17.7 Å². The maximum absolute atomic E-state index is 13.0. The number of carboxylic acid groups (broad SMARTS) is 1. The minimum atomic E-state index is -1.07. The van der Waals surface area contributed by atoms with Crippen molar-refractivity contribution in [3.05, 3.63) is 64.6 Å². The Hall–Kier alpha value is -4.46. The van der Waals surface area contributed by atoms with E-state index >= 15 is 0 Å². The third-order valence-corrected chi connectivity index (χ3v) is 15.0. The van der Waals surface area contributed by atoms with Crippen molar-refractivity contribution >= 4 is 50.1 Å². The fourth-order valence-corrected chi connectivity index (χ4v) is 13.7. The molecule has 11 rings (SSSR count). The number of aromatic carboxylic acids is 1. The third kappa shape index (κ3) is 6.67. The molecule has 1 aromatic carbocycles. The topological polar surface area (TPSA) is 134 Å². The molecule has 5 fully saturated rings. The summed E-state index contributed by atoms with van der Waals surface area (Å²) < 4.78 is 10.3. The molecule has 4 aromatic heterocycles. The van der Waals surface area contributed by atoms with Gasteiger partial charge in [-0.05, 0) is 144 Å². The maximum atomic E-state index is 13.0. The number of hydrogen-bond donors (Lipinski definition) is 2. The predicted molar refractivity (Wildman–Crippen MR) is 228 cm³/mol. The van der Waals surface area contributed by atoms with Crippen molar-refractivity contribution in [2.75, 3.05) is 43.0 Å². The molecule has 6 heterocycles. The van der Waals surface area contributed by atoms with Gasteiger partial charge in [0.25, 0.3) is 0 Å². The van der Waals surface area contributed by atoms with E-state index in [1.54, 1.807) is 11.3 Å². The maximum Gasteiger partial charge on any atom is 0.355 e. The summed E-state index contributed by atoms with van der Waals surface area (Å²) in [6.07, 6.45) is 13.1. The number of likely N-dealkylation sites (tertiary alicyclic amines) is 1. The van der Waals surface area contributed by atoms with Gasteiger partial charge in [0.05, 0.1) is 28.6 Å². The van der Waals surface area contributed by atoms with Crippen LogP contribution in [0.4, 0.5) is 22.6 Å². The Kier molecular flexibility index (Phi) is 9.00. The first kappa shape index (κ1) is 37.8. The quantitative estimate of drug-likeness (QED) is 0.133. The molecule has 12 nitrogen and oxygen atoms in total. The van der Waals surface area contributed by atoms with E-state index in [0.29, 0.717) is 29.6 Å². The molecule has 2 aliphatic heterocycles. The van der Waals surface area contributed by atoms with Crippen LogP contribution in [0.3, 0.4) is 0 Å². The summed E-state index contributed by atoms with van der Waals surface area (Å²) in [4.78, 5) is 27.1. The number of benzene rings is 1. The molecule has 4 saturated carbocycles. The highest BCUT2D eigenvalue weighted by Crippen LogP contribution is 2.72. The summed E-state index contributed by atoms with van der Waals surface area (Å²) in [6.45, 7) is 16.9. The van der Waals surface area contributed by atoms with E-state index < -0.39 is 5.97 Å². The fraction of sp³-hybridized carbons (Fsp3) is 0.556. The van der Waals surface area contributed by atoms with Crippen molar-refractivity contribution in [1.82, 2.24) is 34.8 Å². The second kappa shape index (κ2) is 13.8. The molecule has 0 radical (unpaired) electrons. The number of anilines is 4. The molecule has 58 heavy (non-hydrogen) atoms. The summed E-state index contributed by atoms with van der Waals surface area (Å²) >= 11 is 1.59. The Morgan fingerprint density at radius 2 is 1.71 bits per heavy atom. The van der Waals surface area contributed by atoms with Crippen LogP contribution in [0.5, 0.6) is 0 Å². The number of carboxylic acids is 1. The second-order valence-corrected chi connectivity index (χ2v) is 20.3. The van der Waals surface area contributed by atoms with Gasteiger partial charge in [-0.25, -0.2) is 14.8 Å². The van der Waals surface area contributed by atoms with Gasteiger partial charge in [0.15, 0.2) is 22.5 Å². The average molecular weight is 802 g/mol. The molecule has 1 saturated heterocycles. The van der Waals surface area contributed by atoms with Gasteiger partial charge in [0.1, 0.15) is 5.82 Å². The highest BCUT2D eigenvalue weighted by atomic mass is 32.1. The molecule has 0 amide bonds. The Labute approximate surface area is 344 Å². The smallest absolute Gasteiger partial charge is 0.355 e. The van der Waals surface area contributed by atoms with E-state index in [0.717, 1.165) is 89.5 Å².